The van der Waals surface area contributed by atoms with Gasteiger partial charge in [-0.05, 0) is 43.3 Å². The molecule has 0 aliphatic carbocycles. The second-order valence-electron chi connectivity index (χ2n) is 5.65. The minimum absolute atomic E-state index is 0.284. The van der Waals surface area contributed by atoms with E-state index in [1.807, 2.05) is 24.6 Å². The van der Waals surface area contributed by atoms with Crippen molar-refractivity contribution in [2.24, 2.45) is 12.8 Å². The molecule has 0 unspecified atom stereocenters. The topological polar surface area (TPSA) is 99.2 Å². The van der Waals surface area contributed by atoms with Crippen LogP contribution in [0.3, 0.4) is 0 Å². The summed E-state index contributed by atoms with van der Waals surface area (Å²) < 4.78 is 7.18. The molecular formula is C18H18N4O3. The van der Waals surface area contributed by atoms with Crippen molar-refractivity contribution < 1.29 is 14.3 Å². The Morgan fingerprint density at radius 2 is 1.88 bits per heavy atom. The highest BCUT2D eigenvalue weighted by Crippen LogP contribution is 2.26. The number of benzene rings is 2. The lowest BCUT2D eigenvalue weighted by Gasteiger charge is -2.11. The van der Waals surface area contributed by atoms with Gasteiger partial charge in [0.2, 0.25) is 5.91 Å². The third kappa shape index (κ3) is 3.03. The SMILES string of the molecule is COc1ccc(C(N)=O)cc1NC(=O)c1ccc2c(c1)nc(C)n2C. The zero-order valence-electron chi connectivity index (χ0n) is 14.2. The van der Waals surface area contributed by atoms with Gasteiger partial charge in [-0.1, -0.05) is 0 Å². The second kappa shape index (κ2) is 6.27. The van der Waals surface area contributed by atoms with E-state index in [1.54, 1.807) is 24.3 Å². The number of nitrogens with zero attached hydrogens (tertiary/aromatic N) is 2. The van der Waals surface area contributed by atoms with E-state index in [-0.39, 0.29) is 11.5 Å². The van der Waals surface area contributed by atoms with Gasteiger partial charge in [-0.2, -0.15) is 0 Å². The predicted octanol–water partition coefficient (Wildman–Crippen LogP) is 2.24. The molecule has 0 fully saturated rings. The van der Waals surface area contributed by atoms with Crippen molar-refractivity contribution >= 4 is 28.5 Å². The Bertz CT molecular complexity index is 991. The summed E-state index contributed by atoms with van der Waals surface area (Å²) in [6, 6.07) is 9.91. The highest BCUT2D eigenvalue weighted by atomic mass is 16.5. The quantitative estimate of drug-likeness (QED) is 0.762. The van der Waals surface area contributed by atoms with Gasteiger partial charge < -0.3 is 20.4 Å². The van der Waals surface area contributed by atoms with E-state index in [0.29, 0.717) is 17.0 Å². The van der Waals surface area contributed by atoms with Gasteiger partial charge >= 0.3 is 0 Å². The summed E-state index contributed by atoms with van der Waals surface area (Å²) in [7, 11) is 3.41. The lowest BCUT2D eigenvalue weighted by Crippen LogP contribution is -2.15. The van der Waals surface area contributed by atoms with Crippen LogP contribution < -0.4 is 15.8 Å². The van der Waals surface area contributed by atoms with Crippen LogP contribution in [0.15, 0.2) is 36.4 Å². The van der Waals surface area contributed by atoms with Crippen molar-refractivity contribution in [1.29, 1.82) is 0 Å². The maximum Gasteiger partial charge on any atom is 0.255 e. The van der Waals surface area contributed by atoms with Gasteiger partial charge in [-0.15, -0.1) is 0 Å². The number of nitrogens with two attached hydrogens (primary N) is 1. The summed E-state index contributed by atoms with van der Waals surface area (Å²) in [6.07, 6.45) is 0. The number of carbonyl (C=O) groups excluding carboxylic acids is 2. The number of anilines is 1. The number of hydrogen-bond donors (Lipinski definition) is 2. The number of methoxy groups -OCH3 is 1. The van der Waals surface area contributed by atoms with E-state index in [1.165, 1.54) is 13.2 Å². The van der Waals surface area contributed by atoms with Gasteiger partial charge in [0, 0.05) is 18.2 Å². The van der Waals surface area contributed by atoms with Crippen molar-refractivity contribution in [2.75, 3.05) is 12.4 Å². The van der Waals surface area contributed by atoms with Crippen molar-refractivity contribution in [3.8, 4) is 5.75 Å². The number of nitrogens with one attached hydrogen (secondary N) is 1. The smallest absolute Gasteiger partial charge is 0.255 e. The molecular weight excluding hydrogens is 320 g/mol. The van der Waals surface area contributed by atoms with E-state index >= 15 is 0 Å². The van der Waals surface area contributed by atoms with Crippen LogP contribution in [0.5, 0.6) is 5.75 Å². The largest absolute Gasteiger partial charge is 0.495 e. The summed E-state index contributed by atoms with van der Waals surface area (Å²) in [5.74, 6) is 0.394. The second-order valence-corrected chi connectivity index (χ2v) is 5.65. The molecule has 7 nitrogen and oxygen atoms in total. The van der Waals surface area contributed by atoms with Gasteiger partial charge in [0.1, 0.15) is 11.6 Å². The number of amides is 2. The Kier molecular flexibility index (Phi) is 4.14. The van der Waals surface area contributed by atoms with Crippen molar-refractivity contribution in [3.63, 3.8) is 0 Å². The number of carbonyl (C=O) groups is 2. The predicted molar refractivity (Wildman–Crippen MR) is 94.9 cm³/mol. The molecule has 0 bridgehead atoms. The standard InChI is InChI=1S/C18H18N4O3/c1-10-20-13-9-12(4-6-15(13)22(10)2)18(24)21-14-8-11(17(19)23)5-7-16(14)25-3/h4-9H,1-3H3,(H2,19,23)(H,21,24). The molecule has 0 saturated carbocycles. The van der Waals surface area contributed by atoms with Crippen molar-refractivity contribution in [1.82, 2.24) is 9.55 Å². The molecule has 25 heavy (non-hydrogen) atoms. The third-order valence-electron chi connectivity index (χ3n) is 4.10. The highest BCUT2D eigenvalue weighted by Gasteiger charge is 2.14. The van der Waals surface area contributed by atoms with Crippen LogP contribution >= 0.6 is 0 Å². The molecule has 1 aromatic heterocycles. The maximum absolute atomic E-state index is 12.6. The Balaban J connectivity index is 1.94. The van der Waals surface area contributed by atoms with E-state index in [9.17, 15) is 9.59 Å². The van der Waals surface area contributed by atoms with Gasteiger partial charge in [0.15, 0.2) is 0 Å². The van der Waals surface area contributed by atoms with Gasteiger partial charge in [-0.3, -0.25) is 9.59 Å². The molecule has 3 rings (SSSR count). The fourth-order valence-corrected chi connectivity index (χ4v) is 2.61. The number of fused-ring (bicyclic) bond motifs is 1. The lowest BCUT2D eigenvalue weighted by atomic mass is 10.1. The van der Waals surface area contributed by atoms with Crippen LogP contribution in [-0.4, -0.2) is 28.5 Å². The van der Waals surface area contributed by atoms with Crippen LogP contribution in [0.1, 0.15) is 26.5 Å². The van der Waals surface area contributed by atoms with Crippen molar-refractivity contribution in [3.05, 3.63) is 53.3 Å². The fraction of sp³-hybridized carbons (Fsp3) is 0.167. The zero-order valence-corrected chi connectivity index (χ0v) is 14.2. The van der Waals surface area contributed by atoms with Crippen LogP contribution in [0.2, 0.25) is 0 Å². The molecule has 2 amide bonds. The number of aromatic nitrogens is 2. The number of primary amides is 1. The molecule has 3 N–H and O–H groups in total. The van der Waals surface area contributed by atoms with E-state index in [4.69, 9.17) is 10.5 Å². The number of ether oxygens (including phenoxy) is 1. The Morgan fingerprint density at radius 1 is 1.16 bits per heavy atom. The summed E-state index contributed by atoms with van der Waals surface area (Å²) in [4.78, 5) is 28.4. The maximum atomic E-state index is 12.6. The first-order valence-electron chi connectivity index (χ1n) is 7.63. The Labute approximate surface area is 144 Å². The highest BCUT2D eigenvalue weighted by molar-refractivity contribution is 6.07. The molecule has 0 saturated heterocycles. The normalized spacial score (nSPS) is 10.7. The minimum Gasteiger partial charge on any atom is -0.495 e. The Morgan fingerprint density at radius 3 is 2.56 bits per heavy atom. The van der Waals surface area contributed by atoms with E-state index in [2.05, 4.69) is 10.3 Å². The van der Waals surface area contributed by atoms with Gasteiger partial charge in [0.05, 0.1) is 23.8 Å². The average Bonchev–Trinajstić information content (AvgIpc) is 2.88. The van der Waals surface area contributed by atoms with Crippen LogP contribution in [0.25, 0.3) is 11.0 Å². The molecule has 0 radical (unpaired) electrons. The summed E-state index contributed by atoms with van der Waals surface area (Å²) in [5, 5.41) is 2.75. The summed E-state index contributed by atoms with van der Waals surface area (Å²) in [6.45, 7) is 1.90. The van der Waals surface area contributed by atoms with Crippen LogP contribution in [0, 0.1) is 6.92 Å². The van der Waals surface area contributed by atoms with Crippen LogP contribution in [-0.2, 0) is 7.05 Å². The first kappa shape index (κ1) is 16.5. The number of aryl methyl sites for hydroxylation is 2. The molecule has 2 aromatic carbocycles. The van der Waals surface area contributed by atoms with Gasteiger partial charge in [-0.25, -0.2) is 4.98 Å². The molecule has 128 valence electrons. The molecule has 0 aliphatic rings. The molecule has 0 spiro atoms. The fourth-order valence-electron chi connectivity index (χ4n) is 2.61. The summed E-state index contributed by atoms with van der Waals surface area (Å²) >= 11 is 0. The van der Waals surface area contributed by atoms with Gasteiger partial charge in [0.25, 0.3) is 5.91 Å². The number of imidazole rings is 1. The molecule has 0 atom stereocenters. The first-order chi connectivity index (χ1) is 11.9. The third-order valence-corrected chi connectivity index (χ3v) is 4.10. The monoisotopic (exact) mass is 338 g/mol. The minimum atomic E-state index is -0.580. The molecule has 3 aromatic rings. The number of hydrogen-bond acceptors (Lipinski definition) is 4. The first-order valence-corrected chi connectivity index (χ1v) is 7.63. The van der Waals surface area contributed by atoms with Crippen molar-refractivity contribution in [2.45, 2.75) is 6.92 Å². The Hall–Kier alpha value is -3.35. The van der Waals surface area contributed by atoms with E-state index < -0.39 is 5.91 Å². The lowest BCUT2D eigenvalue weighted by molar-refractivity contribution is 0.0996. The molecule has 1 heterocycles. The molecule has 0 aliphatic heterocycles. The van der Waals surface area contributed by atoms with Crippen LogP contribution in [0.4, 0.5) is 5.69 Å². The molecule has 7 heteroatoms. The van der Waals surface area contributed by atoms with E-state index in [0.717, 1.165) is 16.9 Å². The summed E-state index contributed by atoms with van der Waals surface area (Å²) in [5.41, 5.74) is 8.10. The average molecular weight is 338 g/mol. The number of rotatable bonds is 4. The zero-order chi connectivity index (χ0) is 18.1.